The highest BCUT2D eigenvalue weighted by molar-refractivity contribution is 6.26. The summed E-state index contributed by atoms with van der Waals surface area (Å²) in [5.41, 5.74) is 17.1. The molecule has 13 aromatic carbocycles. The Morgan fingerprint density at radius 1 is 0.250 bits per heavy atom. The highest BCUT2D eigenvalue weighted by atomic mass is 16.3. The molecular weight excluding hydrogens is 821 g/mol. The first-order chi connectivity index (χ1) is 33.7. The molecule has 14 aromatic rings. The highest BCUT2D eigenvalue weighted by Crippen LogP contribution is 2.66. The van der Waals surface area contributed by atoms with Gasteiger partial charge in [0, 0.05) is 10.8 Å². The Hall–Kier alpha value is -8.78. The van der Waals surface area contributed by atoms with E-state index in [1.807, 2.05) is 0 Å². The molecule has 68 heavy (non-hydrogen) atoms. The van der Waals surface area contributed by atoms with Crippen molar-refractivity contribution in [3.8, 4) is 44.5 Å². The molecule has 2 aliphatic carbocycles. The third-order valence-electron chi connectivity index (χ3n) is 15.8. The van der Waals surface area contributed by atoms with Gasteiger partial charge in [0.25, 0.3) is 0 Å². The minimum atomic E-state index is -0.499. The maximum atomic E-state index is 6.50. The number of furan rings is 1. The van der Waals surface area contributed by atoms with Crippen molar-refractivity contribution in [2.45, 2.75) is 5.41 Å². The molecule has 0 amide bonds. The van der Waals surface area contributed by atoms with Gasteiger partial charge in [0.15, 0.2) is 0 Å². The van der Waals surface area contributed by atoms with Crippen LogP contribution in [0.5, 0.6) is 0 Å². The summed E-state index contributed by atoms with van der Waals surface area (Å²) in [6.07, 6.45) is 0. The zero-order valence-electron chi connectivity index (χ0n) is 36.8. The third-order valence-corrected chi connectivity index (χ3v) is 15.8. The van der Waals surface area contributed by atoms with Gasteiger partial charge in [-0.3, -0.25) is 0 Å². The van der Waals surface area contributed by atoms with Crippen LogP contribution in [0.25, 0.3) is 131 Å². The fourth-order valence-corrected chi connectivity index (χ4v) is 13.1. The van der Waals surface area contributed by atoms with E-state index in [0.29, 0.717) is 0 Å². The largest absolute Gasteiger partial charge is 0.456 e. The maximum absolute atomic E-state index is 6.50. The van der Waals surface area contributed by atoms with Gasteiger partial charge in [0.2, 0.25) is 0 Å². The van der Waals surface area contributed by atoms with Crippen LogP contribution in [-0.2, 0) is 5.41 Å². The summed E-state index contributed by atoms with van der Waals surface area (Å²) in [6, 6.07) is 86.5. The standard InChI is InChI=1S/C67H38O/c1-2-17-41-38-61-56(35-40(41)16-1)55-37-43(31-34-60(55)68-61)63-51-25-9-7-23-49(51)62(50-24-8-10-26-52(50)63)42-29-32-53-54(36-42)45-19-5-6-22-48(45)65-64-44-18-4-3-15-39(44)30-33-59(64)67(66(53)65)57-27-13-11-20-46(57)47-21-12-14-28-58(47)67/h1-38H. The molecule has 2 aliphatic rings. The van der Waals surface area contributed by atoms with Crippen LogP contribution in [-0.4, -0.2) is 0 Å². The Balaban J connectivity index is 0.996. The SMILES string of the molecule is c1ccc2c(c1)-c1ccccc1C21c2ccc3ccccc3c2-c2c1c1ccc(-c3c4ccccc4c(-c4ccc5oc6cc7ccccc7cc6c5c4)c4ccccc34)cc1c1ccccc21. The fraction of sp³-hybridized carbons (Fsp3) is 0.0149. The molecule has 0 aliphatic heterocycles. The van der Waals surface area contributed by atoms with Crippen LogP contribution in [0.1, 0.15) is 22.3 Å². The molecular formula is C67H38O. The number of hydrogen-bond donors (Lipinski definition) is 0. The van der Waals surface area contributed by atoms with E-state index < -0.39 is 5.41 Å². The average molecular weight is 859 g/mol. The molecule has 1 spiro atoms. The summed E-state index contributed by atoms with van der Waals surface area (Å²) < 4.78 is 6.50. The van der Waals surface area contributed by atoms with Crippen molar-refractivity contribution < 1.29 is 4.42 Å². The van der Waals surface area contributed by atoms with Crippen molar-refractivity contribution in [3.63, 3.8) is 0 Å². The molecule has 0 atom stereocenters. The van der Waals surface area contributed by atoms with Gasteiger partial charge in [-0.15, -0.1) is 0 Å². The molecule has 1 heteroatoms. The Morgan fingerprint density at radius 3 is 1.38 bits per heavy atom. The first-order valence-corrected chi connectivity index (χ1v) is 23.7. The number of hydrogen-bond acceptors (Lipinski definition) is 1. The Morgan fingerprint density at radius 2 is 0.735 bits per heavy atom. The summed E-state index contributed by atoms with van der Waals surface area (Å²) in [4.78, 5) is 0. The molecule has 0 N–H and O–H groups in total. The summed E-state index contributed by atoms with van der Waals surface area (Å²) in [6.45, 7) is 0. The van der Waals surface area contributed by atoms with E-state index in [0.717, 1.165) is 21.9 Å². The van der Waals surface area contributed by atoms with Crippen molar-refractivity contribution in [3.05, 3.63) is 253 Å². The molecule has 1 heterocycles. The van der Waals surface area contributed by atoms with Gasteiger partial charge in [-0.25, -0.2) is 0 Å². The van der Waals surface area contributed by atoms with Gasteiger partial charge in [-0.05, 0) is 162 Å². The second-order valence-electron chi connectivity index (χ2n) is 19.0. The first kappa shape index (κ1) is 36.4. The summed E-state index contributed by atoms with van der Waals surface area (Å²) >= 11 is 0. The Labute approximate surface area is 391 Å². The van der Waals surface area contributed by atoms with Gasteiger partial charge in [0.05, 0.1) is 5.41 Å². The summed E-state index contributed by atoms with van der Waals surface area (Å²) in [5.74, 6) is 0. The number of fused-ring (bicyclic) bond motifs is 23. The normalized spacial score (nSPS) is 13.4. The van der Waals surface area contributed by atoms with Crippen LogP contribution in [0.4, 0.5) is 0 Å². The van der Waals surface area contributed by atoms with Crippen molar-refractivity contribution in [2.24, 2.45) is 0 Å². The van der Waals surface area contributed by atoms with Crippen LogP contribution in [0.15, 0.2) is 235 Å². The molecule has 0 fully saturated rings. The van der Waals surface area contributed by atoms with Gasteiger partial charge in [0.1, 0.15) is 11.2 Å². The Bertz CT molecular complexity index is 4460. The average Bonchev–Trinajstić information content (AvgIpc) is 4.03. The second kappa shape index (κ2) is 13.2. The lowest BCUT2D eigenvalue weighted by molar-refractivity contribution is 0.669. The van der Waals surface area contributed by atoms with Crippen molar-refractivity contribution >= 4 is 86.6 Å². The lowest BCUT2D eigenvalue weighted by Gasteiger charge is -2.32. The van der Waals surface area contributed by atoms with E-state index >= 15 is 0 Å². The molecule has 0 saturated heterocycles. The molecule has 1 nitrogen and oxygen atoms in total. The van der Waals surface area contributed by atoms with Gasteiger partial charge < -0.3 is 4.42 Å². The molecule has 0 bridgehead atoms. The monoisotopic (exact) mass is 858 g/mol. The van der Waals surface area contributed by atoms with E-state index in [9.17, 15) is 0 Å². The van der Waals surface area contributed by atoms with Gasteiger partial charge in [-0.2, -0.15) is 0 Å². The maximum Gasteiger partial charge on any atom is 0.136 e. The second-order valence-corrected chi connectivity index (χ2v) is 19.0. The number of benzene rings is 13. The zero-order valence-corrected chi connectivity index (χ0v) is 36.8. The van der Waals surface area contributed by atoms with E-state index in [-0.39, 0.29) is 0 Å². The summed E-state index contributed by atoms with van der Waals surface area (Å²) in [7, 11) is 0. The molecule has 0 radical (unpaired) electrons. The molecule has 1 aromatic heterocycles. The van der Waals surface area contributed by atoms with E-state index in [1.165, 1.54) is 131 Å². The van der Waals surface area contributed by atoms with Crippen LogP contribution >= 0.6 is 0 Å². The summed E-state index contributed by atoms with van der Waals surface area (Å²) in [5, 5.41) is 17.3. The Kier molecular flexibility index (Phi) is 7.07. The van der Waals surface area contributed by atoms with E-state index in [2.05, 4.69) is 231 Å². The minimum Gasteiger partial charge on any atom is -0.456 e. The number of rotatable bonds is 2. The van der Waals surface area contributed by atoms with Crippen molar-refractivity contribution in [1.29, 1.82) is 0 Å². The predicted molar refractivity (Wildman–Crippen MR) is 286 cm³/mol. The molecule has 312 valence electrons. The zero-order chi connectivity index (χ0) is 44.2. The van der Waals surface area contributed by atoms with Crippen LogP contribution < -0.4 is 0 Å². The lowest BCUT2D eigenvalue weighted by Crippen LogP contribution is -2.26. The van der Waals surface area contributed by atoms with Crippen LogP contribution in [0.3, 0.4) is 0 Å². The van der Waals surface area contributed by atoms with Crippen LogP contribution in [0.2, 0.25) is 0 Å². The molecule has 16 rings (SSSR count). The quantitative estimate of drug-likeness (QED) is 0.125. The highest BCUT2D eigenvalue weighted by Gasteiger charge is 2.53. The fourth-order valence-electron chi connectivity index (χ4n) is 13.1. The van der Waals surface area contributed by atoms with Gasteiger partial charge >= 0.3 is 0 Å². The molecule has 0 unspecified atom stereocenters. The first-order valence-electron chi connectivity index (χ1n) is 23.7. The minimum absolute atomic E-state index is 0.499. The topological polar surface area (TPSA) is 13.1 Å². The smallest absolute Gasteiger partial charge is 0.136 e. The van der Waals surface area contributed by atoms with Gasteiger partial charge in [-0.1, -0.05) is 200 Å². The third kappa shape index (κ3) is 4.56. The molecule has 0 saturated carbocycles. The van der Waals surface area contributed by atoms with Crippen molar-refractivity contribution in [1.82, 2.24) is 0 Å². The van der Waals surface area contributed by atoms with Crippen molar-refractivity contribution in [2.75, 3.05) is 0 Å². The van der Waals surface area contributed by atoms with Crippen LogP contribution in [0, 0.1) is 0 Å². The van der Waals surface area contributed by atoms with E-state index in [1.54, 1.807) is 0 Å². The van der Waals surface area contributed by atoms with E-state index in [4.69, 9.17) is 4.42 Å². The lowest BCUT2D eigenvalue weighted by atomic mass is 9.69. The predicted octanol–water partition coefficient (Wildman–Crippen LogP) is 18.2.